The minimum Gasteiger partial charge on any atom is -0.456 e. The molecule has 0 aliphatic carbocycles. The second-order valence-electron chi connectivity index (χ2n) is 8.00. The van der Waals surface area contributed by atoms with Gasteiger partial charge >= 0.3 is 0 Å². The molecule has 0 aliphatic rings. The van der Waals surface area contributed by atoms with Crippen LogP contribution in [0.15, 0.2) is 83.3 Å². The molecule has 0 unspecified atom stereocenters. The number of rotatable bonds is 2. The van der Waals surface area contributed by atoms with E-state index in [4.69, 9.17) is 27.6 Å². The molecular weight excluding hydrogens is 485 g/mol. The van der Waals surface area contributed by atoms with E-state index in [0.29, 0.717) is 5.82 Å². The van der Waals surface area contributed by atoms with E-state index < -0.39 is 0 Å². The molecule has 3 aromatic heterocycles. The van der Waals surface area contributed by atoms with Gasteiger partial charge in [-0.25, -0.2) is 0 Å². The third kappa shape index (κ3) is 3.09. The first-order valence-corrected chi connectivity index (χ1v) is 12.2. The van der Waals surface area contributed by atoms with Gasteiger partial charge in [-0.15, -0.1) is 11.3 Å². The van der Waals surface area contributed by atoms with Crippen LogP contribution in [0.5, 0.6) is 0 Å². The fourth-order valence-electron chi connectivity index (χ4n) is 4.51. The third-order valence-electron chi connectivity index (χ3n) is 6.02. The molecule has 0 radical (unpaired) electrons. The number of hydrogen-bond donors (Lipinski definition) is 0. The number of nitrogens with zero attached hydrogens (tertiary/aromatic N) is 3. The summed E-state index contributed by atoms with van der Waals surface area (Å²) in [5, 5.41) is 4.69. The molecule has 0 aliphatic heterocycles. The van der Waals surface area contributed by atoms with E-state index in [2.05, 4.69) is 69.5 Å². The molecule has 162 valence electrons. The van der Waals surface area contributed by atoms with Gasteiger partial charge in [-0.1, -0.05) is 42.5 Å². The van der Waals surface area contributed by atoms with Crippen molar-refractivity contribution in [2.75, 3.05) is 0 Å². The van der Waals surface area contributed by atoms with Crippen LogP contribution in [-0.2, 0) is 0 Å². The first kappa shape index (κ1) is 19.9. The normalized spacial score (nSPS) is 11.8. The van der Waals surface area contributed by atoms with E-state index >= 15 is 0 Å². The van der Waals surface area contributed by atoms with Gasteiger partial charge in [-0.3, -0.25) is 0 Å². The number of halogens is 2. The molecule has 0 spiro atoms. The molecule has 7 aromatic rings. The number of furan rings is 1. The first-order valence-electron chi connectivity index (χ1n) is 10.6. The Labute approximate surface area is 207 Å². The standard InChI is InChI=1S/C27H13Cl2N3OS/c28-26-30-25(31-27(29)32-26)15-9-11-22-20(13-15)19-12-14(8-10-21(19)33-22)16-5-3-6-18-17-4-1-2-7-23(17)34-24(16)18/h1-13H. The first-order chi connectivity index (χ1) is 16.6. The van der Waals surface area contributed by atoms with E-state index in [0.717, 1.165) is 33.1 Å². The molecule has 3 heterocycles. The Balaban J connectivity index is 1.45. The summed E-state index contributed by atoms with van der Waals surface area (Å²) in [6.45, 7) is 0. The lowest BCUT2D eigenvalue weighted by atomic mass is 10.00. The fourth-order valence-corrected chi connectivity index (χ4v) is 6.12. The lowest BCUT2D eigenvalue weighted by Crippen LogP contribution is -1.93. The van der Waals surface area contributed by atoms with Gasteiger partial charge in [0, 0.05) is 36.5 Å². The highest BCUT2D eigenvalue weighted by atomic mass is 35.5. The van der Waals surface area contributed by atoms with Crippen LogP contribution in [0.2, 0.25) is 10.6 Å². The largest absolute Gasteiger partial charge is 0.456 e. The maximum Gasteiger partial charge on any atom is 0.227 e. The number of hydrogen-bond acceptors (Lipinski definition) is 5. The van der Waals surface area contributed by atoms with Crippen molar-refractivity contribution in [3.8, 4) is 22.5 Å². The zero-order chi connectivity index (χ0) is 22.8. The van der Waals surface area contributed by atoms with Crippen molar-refractivity contribution in [1.29, 1.82) is 0 Å². The highest BCUT2D eigenvalue weighted by Gasteiger charge is 2.14. The Hall–Kier alpha value is -3.51. The summed E-state index contributed by atoms with van der Waals surface area (Å²) in [7, 11) is 0. The van der Waals surface area contributed by atoms with Crippen LogP contribution in [0.1, 0.15) is 0 Å². The monoisotopic (exact) mass is 497 g/mol. The lowest BCUT2D eigenvalue weighted by Gasteiger charge is -2.04. The maximum atomic E-state index is 6.11. The van der Waals surface area contributed by atoms with Gasteiger partial charge in [0.25, 0.3) is 0 Å². The van der Waals surface area contributed by atoms with Crippen LogP contribution in [-0.4, -0.2) is 15.0 Å². The zero-order valence-electron chi connectivity index (χ0n) is 17.4. The van der Waals surface area contributed by atoms with E-state index in [-0.39, 0.29) is 10.6 Å². The van der Waals surface area contributed by atoms with Gasteiger partial charge in [0.2, 0.25) is 10.6 Å². The summed E-state index contributed by atoms with van der Waals surface area (Å²) in [5.41, 5.74) is 4.76. The smallest absolute Gasteiger partial charge is 0.227 e. The Bertz CT molecular complexity index is 1890. The van der Waals surface area contributed by atoms with Crippen LogP contribution in [0, 0.1) is 0 Å². The summed E-state index contributed by atoms with van der Waals surface area (Å²) in [6, 6.07) is 27.2. The molecule has 34 heavy (non-hydrogen) atoms. The highest BCUT2D eigenvalue weighted by molar-refractivity contribution is 7.26. The predicted octanol–water partition coefficient (Wildman–Crippen LogP) is 8.78. The SMILES string of the molecule is Clc1nc(Cl)nc(-c2ccc3oc4ccc(-c5cccc6c5sc5ccccc56)cc4c3c2)n1. The Morgan fingerprint density at radius 3 is 2.09 bits per heavy atom. The Kier molecular flexibility index (Phi) is 4.39. The summed E-state index contributed by atoms with van der Waals surface area (Å²) in [5.74, 6) is 0.424. The van der Waals surface area contributed by atoms with Gasteiger partial charge < -0.3 is 4.42 Å². The molecule has 0 N–H and O–H groups in total. The van der Waals surface area contributed by atoms with Gasteiger partial charge in [0.1, 0.15) is 11.2 Å². The molecule has 0 saturated heterocycles. The summed E-state index contributed by atoms with van der Waals surface area (Å²) < 4.78 is 8.69. The number of benzene rings is 4. The molecule has 7 heteroatoms. The molecule has 4 nitrogen and oxygen atoms in total. The van der Waals surface area contributed by atoms with Gasteiger partial charge in [-0.05, 0) is 70.7 Å². The van der Waals surface area contributed by atoms with Crippen molar-refractivity contribution in [1.82, 2.24) is 15.0 Å². The molecule has 0 saturated carbocycles. The number of fused-ring (bicyclic) bond motifs is 6. The average molecular weight is 498 g/mol. The van der Waals surface area contributed by atoms with E-state index in [1.807, 2.05) is 35.6 Å². The predicted molar refractivity (Wildman–Crippen MR) is 141 cm³/mol. The maximum absolute atomic E-state index is 6.11. The van der Waals surface area contributed by atoms with Gasteiger partial charge in [0.15, 0.2) is 5.82 Å². The van der Waals surface area contributed by atoms with Crippen molar-refractivity contribution in [3.05, 3.63) is 89.4 Å². The summed E-state index contributed by atoms with van der Waals surface area (Å²) >= 11 is 13.8. The number of aromatic nitrogens is 3. The van der Waals surface area contributed by atoms with Gasteiger partial charge in [0.05, 0.1) is 0 Å². The van der Waals surface area contributed by atoms with Crippen LogP contribution in [0.4, 0.5) is 0 Å². The Morgan fingerprint density at radius 2 is 1.29 bits per heavy atom. The fraction of sp³-hybridized carbons (Fsp3) is 0. The summed E-state index contributed by atoms with van der Waals surface area (Å²) in [4.78, 5) is 12.3. The number of thiophene rings is 1. The molecule has 0 atom stereocenters. The molecular formula is C27H13Cl2N3OS. The molecule has 0 fully saturated rings. The molecule has 4 aromatic carbocycles. The topological polar surface area (TPSA) is 51.8 Å². The quantitative estimate of drug-likeness (QED) is 0.239. The van der Waals surface area contributed by atoms with Crippen molar-refractivity contribution in [2.45, 2.75) is 0 Å². The zero-order valence-corrected chi connectivity index (χ0v) is 19.7. The third-order valence-corrected chi connectivity index (χ3v) is 7.58. The second-order valence-corrected chi connectivity index (χ2v) is 9.73. The van der Waals surface area contributed by atoms with Crippen molar-refractivity contribution in [3.63, 3.8) is 0 Å². The van der Waals surface area contributed by atoms with E-state index in [9.17, 15) is 0 Å². The molecule has 0 bridgehead atoms. The van der Waals surface area contributed by atoms with E-state index in [1.165, 1.54) is 25.7 Å². The van der Waals surface area contributed by atoms with Crippen molar-refractivity contribution >= 4 is 76.6 Å². The van der Waals surface area contributed by atoms with Crippen LogP contribution in [0.25, 0.3) is 64.6 Å². The van der Waals surface area contributed by atoms with Crippen LogP contribution < -0.4 is 0 Å². The van der Waals surface area contributed by atoms with E-state index in [1.54, 1.807) is 0 Å². The van der Waals surface area contributed by atoms with Gasteiger partial charge in [-0.2, -0.15) is 15.0 Å². The second kappa shape index (κ2) is 7.50. The lowest BCUT2D eigenvalue weighted by molar-refractivity contribution is 0.669. The molecule has 7 rings (SSSR count). The van der Waals surface area contributed by atoms with Crippen molar-refractivity contribution in [2.24, 2.45) is 0 Å². The van der Waals surface area contributed by atoms with Crippen LogP contribution >= 0.6 is 34.5 Å². The van der Waals surface area contributed by atoms with Crippen molar-refractivity contribution < 1.29 is 4.42 Å². The summed E-state index contributed by atoms with van der Waals surface area (Å²) in [6.07, 6.45) is 0. The highest BCUT2D eigenvalue weighted by Crippen LogP contribution is 2.41. The van der Waals surface area contributed by atoms with Crippen LogP contribution in [0.3, 0.4) is 0 Å². The Morgan fingerprint density at radius 1 is 0.618 bits per heavy atom. The minimum absolute atomic E-state index is 0.0610. The molecule has 0 amide bonds. The average Bonchev–Trinajstić information content (AvgIpc) is 3.41. The minimum atomic E-state index is 0.0610.